The molecule has 1 saturated carbocycles. The van der Waals surface area contributed by atoms with E-state index in [0.717, 1.165) is 37.2 Å². The number of benzene rings is 2. The summed E-state index contributed by atoms with van der Waals surface area (Å²) in [6.45, 7) is 3.79. The molecule has 2 aromatic carbocycles. The fourth-order valence-corrected chi connectivity index (χ4v) is 6.39. The van der Waals surface area contributed by atoms with E-state index in [4.69, 9.17) is 4.74 Å². The van der Waals surface area contributed by atoms with E-state index in [-0.39, 0.29) is 23.9 Å². The van der Waals surface area contributed by atoms with Gasteiger partial charge in [-0.15, -0.1) is 11.3 Å². The molecule has 1 unspecified atom stereocenters. The third-order valence-electron chi connectivity index (χ3n) is 7.48. The number of carbonyl (C=O) groups excluding carboxylic acids is 3. The van der Waals surface area contributed by atoms with Crippen LogP contribution < -0.4 is 4.74 Å². The van der Waals surface area contributed by atoms with Gasteiger partial charge in [-0.25, -0.2) is 0 Å². The smallest absolute Gasteiger partial charge is 0.255 e. The minimum atomic E-state index is -0.519. The number of carbonyl (C=O) groups is 3. The maximum absolute atomic E-state index is 13.0. The molecule has 3 aliphatic rings. The van der Waals surface area contributed by atoms with Gasteiger partial charge in [0.25, 0.3) is 5.91 Å². The van der Waals surface area contributed by atoms with E-state index in [2.05, 4.69) is 40.6 Å². The van der Waals surface area contributed by atoms with Gasteiger partial charge in [-0.05, 0) is 53.1 Å². The monoisotopic (exact) mass is 500 g/mol. The first-order valence-corrected chi connectivity index (χ1v) is 13.4. The lowest BCUT2D eigenvalue weighted by Gasteiger charge is -2.29. The fraction of sp³-hybridized carbons (Fsp3) is 0.345. The van der Waals surface area contributed by atoms with E-state index in [9.17, 15) is 14.4 Å². The first-order chi connectivity index (χ1) is 17.5. The van der Waals surface area contributed by atoms with Crippen molar-refractivity contribution in [2.24, 2.45) is 0 Å². The van der Waals surface area contributed by atoms with E-state index in [1.807, 2.05) is 23.5 Å². The largest absolute Gasteiger partial charge is 0.489 e. The van der Waals surface area contributed by atoms with Gasteiger partial charge in [0, 0.05) is 42.1 Å². The van der Waals surface area contributed by atoms with Crippen molar-refractivity contribution < 1.29 is 19.1 Å². The van der Waals surface area contributed by atoms with Crippen LogP contribution in [0.5, 0.6) is 5.75 Å². The van der Waals surface area contributed by atoms with Gasteiger partial charge in [0.2, 0.25) is 0 Å². The highest BCUT2D eigenvalue weighted by atomic mass is 32.1. The summed E-state index contributed by atoms with van der Waals surface area (Å²) in [7, 11) is 0. The van der Waals surface area contributed by atoms with Gasteiger partial charge >= 0.3 is 0 Å². The number of rotatable bonds is 6. The lowest BCUT2D eigenvalue weighted by atomic mass is 9.92. The average Bonchev–Trinajstić information content (AvgIpc) is 3.48. The summed E-state index contributed by atoms with van der Waals surface area (Å²) in [4.78, 5) is 42.7. The number of hydrogen-bond donors (Lipinski definition) is 0. The molecule has 1 aromatic heterocycles. The van der Waals surface area contributed by atoms with Crippen molar-refractivity contribution in [3.63, 3.8) is 0 Å². The van der Waals surface area contributed by atoms with Crippen molar-refractivity contribution in [3.05, 3.63) is 86.6 Å². The van der Waals surface area contributed by atoms with Crippen molar-refractivity contribution in [1.29, 1.82) is 0 Å². The van der Waals surface area contributed by atoms with E-state index in [1.54, 1.807) is 11.0 Å². The van der Waals surface area contributed by atoms with Gasteiger partial charge in [-0.2, -0.15) is 0 Å². The molecule has 0 N–H and O–H groups in total. The molecule has 3 heterocycles. The summed E-state index contributed by atoms with van der Waals surface area (Å²) in [6.07, 6.45) is 1.82. The van der Waals surface area contributed by atoms with Crippen molar-refractivity contribution in [2.45, 2.75) is 58.0 Å². The van der Waals surface area contributed by atoms with Crippen molar-refractivity contribution in [3.8, 4) is 5.75 Å². The molecular formula is C29H28N2O4S. The van der Waals surface area contributed by atoms with Gasteiger partial charge in [0.1, 0.15) is 18.1 Å². The molecule has 6 rings (SSSR count). The van der Waals surface area contributed by atoms with Gasteiger partial charge in [0.05, 0.1) is 19.0 Å². The predicted molar refractivity (Wildman–Crippen MR) is 137 cm³/mol. The molecule has 6 nitrogen and oxygen atoms in total. The van der Waals surface area contributed by atoms with Crippen molar-refractivity contribution in [2.75, 3.05) is 6.54 Å². The Balaban J connectivity index is 1.09. The molecule has 36 heavy (non-hydrogen) atoms. The van der Waals surface area contributed by atoms with Crippen LogP contribution in [0.2, 0.25) is 0 Å². The molecule has 1 fully saturated rings. The Kier molecular flexibility index (Phi) is 6.19. The number of fused-ring (bicyclic) bond motifs is 2. The molecule has 3 aromatic rings. The molecular weight excluding hydrogens is 472 g/mol. The number of nitrogens with zero attached hydrogens (tertiary/aromatic N) is 2. The summed E-state index contributed by atoms with van der Waals surface area (Å²) in [5.41, 5.74) is 5.22. The maximum atomic E-state index is 13.0. The highest BCUT2D eigenvalue weighted by Gasteiger charge is 2.40. The van der Waals surface area contributed by atoms with Crippen LogP contribution in [-0.4, -0.2) is 39.9 Å². The number of hydrogen-bond acceptors (Lipinski definition) is 6. The highest BCUT2D eigenvalue weighted by molar-refractivity contribution is 7.10. The summed E-state index contributed by atoms with van der Waals surface area (Å²) < 4.78 is 6.16. The zero-order valence-corrected chi connectivity index (χ0v) is 20.9. The van der Waals surface area contributed by atoms with Crippen LogP contribution in [0.1, 0.15) is 56.8 Å². The Bertz CT molecular complexity index is 1330. The zero-order valence-electron chi connectivity index (χ0n) is 20.1. The number of thiophene rings is 1. The molecule has 184 valence electrons. The van der Waals surface area contributed by atoms with Gasteiger partial charge < -0.3 is 9.64 Å². The Hall–Kier alpha value is -3.29. The zero-order chi connectivity index (χ0) is 24.6. The van der Waals surface area contributed by atoms with E-state index in [1.165, 1.54) is 16.0 Å². The maximum Gasteiger partial charge on any atom is 0.255 e. The lowest BCUT2D eigenvalue weighted by molar-refractivity contribution is -0.133. The van der Waals surface area contributed by atoms with Crippen LogP contribution in [0, 0.1) is 0 Å². The minimum Gasteiger partial charge on any atom is -0.489 e. The Morgan fingerprint density at radius 1 is 0.944 bits per heavy atom. The summed E-state index contributed by atoms with van der Waals surface area (Å²) in [6, 6.07) is 15.8. The van der Waals surface area contributed by atoms with Crippen LogP contribution in [0.25, 0.3) is 0 Å². The van der Waals surface area contributed by atoms with Gasteiger partial charge in [-0.3, -0.25) is 19.3 Å². The Morgan fingerprint density at radius 2 is 1.78 bits per heavy atom. The summed E-state index contributed by atoms with van der Waals surface area (Å²) >= 11 is 1.87. The highest BCUT2D eigenvalue weighted by Crippen LogP contribution is 2.34. The van der Waals surface area contributed by atoms with E-state index in [0.29, 0.717) is 37.3 Å². The summed E-state index contributed by atoms with van der Waals surface area (Å²) in [5, 5.41) is 2.19. The molecule has 0 spiro atoms. The predicted octanol–water partition coefficient (Wildman–Crippen LogP) is 4.53. The number of Topliss-reactive ketones (excluding diaryl/α,β-unsaturated/α-hetero) is 2. The van der Waals surface area contributed by atoms with Crippen molar-refractivity contribution >= 4 is 28.8 Å². The van der Waals surface area contributed by atoms with Crippen LogP contribution in [0.15, 0.2) is 53.9 Å². The normalized spacial score (nSPS) is 19.9. The first-order valence-electron chi connectivity index (χ1n) is 12.5. The van der Waals surface area contributed by atoms with Crippen LogP contribution in [-0.2, 0) is 42.3 Å². The topological polar surface area (TPSA) is 66.9 Å². The Labute approximate surface area is 214 Å². The standard InChI is InChI=1S/C29H28N2O4S/c32-22-8-9-25(26(33)14-22)31-17-24-23(29(31)34)2-1-3-27(24)35-18-20-6-4-19(5-7-20)15-30-12-10-28-21(16-30)11-13-36-28/h1-7,11,13,25H,8-10,12,14-18H2. The minimum absolute atomic E-state index is 0.0389. The van der Waals surface area contributed by atoms with Gasteiger partial charge in [-0.1, -0.05) is 30.3 Å². The molecule has 1 atom stereocenters. The molecule has 7 heteroatoms. The SMILES string of the molecule is O=C1CCC(N2Cc3c(OCc4ccc(CN5CCc6sccc6C5)cc4)cccc3C2=O)C(=O)C1. The molecule has 1 aliphatic carbocycles. The summed E-state index contributed by atoms with van der Waals surface area (Å²) in [5.74, 6) is 0.324. The quantitative estimate of drug-likeness (QED) is 0.465. The molecule has 0 radical (unpaired) electrons. The van der Waals surface area contributed by atoms with Crippen LogP contribution >= 0.6 is 11.3 Å². The van der Waals surface area contributed by atoms with E-state index >= 15 is 0 Å². The number of amides is 1. The average molecular weight is 501 g/mol. The molecule has 0 saturated heterocycles. The second kappa shape index (κ2) is 9.64. The van der Waals surface area contributed by atoms with Crippen LogP contribution in [0.3, 0.4) is 0 Å². The second-order valence-electron chi connectivity index (χ2n) is 9.89. The Morgan fingerprint density at radius 3 is 2.61 bits per heavy atom. The first kappa shape index (κ1) is 23.1. The van der Waals surface area contributed by atoms with E-state index < -0.39 is 6.04 Å². The fourth-order valence-electron chi connectivity index (χ4n) is 5.50. The second-order valence-corrected chi connectivity index (χ2v) is 10.9. The third-order valence-corrected chi connectivity index (χ3v) is 8.50. The molecule has 0 bridgehead atoms. The molecule has 2 aliphatic heterocycles. The number of ether oxygens (including phenoxy) is 1. The van der Waals surface area contributed by atoms with Gasteiger partial charge in [0.15, 0.2) is 5.78 Å². The lowest BCUT2D eigenvalue weighted by Crippen LogP contribution is -2.44. The molecule has 1 amide bonds. The third kappa shape index (κ3) is 4.49. The van der Waals surface area contributed by atoms with Crippen LogP contribution in [0.4, 0.5) is 0 Å². The van der Waals surface area contributed by atoms with Crippen molar-refractivity contribution in [1.82, 2.24) is 9.80 Å². The number of ketones is 2.